The van der Waals surface area contributed by atoms with Crippen molar-refractivity contribution in [1.29, 1.82) is 0 Å². The molecule has 0 aromatic heterocycles. The minimum Gasteiger partial charge on any atom is -0.491 e. The largest absolute Gasteiger partial charge is 0.491 e. The van der Waals surface area contributed by atoms with Gasteiger partial charge in [-0.25, -0.2) is 4.39 Å². The van der Waals surface area contributed by atoms with E-state index in [0.29, 0.717) is 26.0 Å². The van der Waals surface area contributed by atoms with Gasteiger partial charge in [-0.1, -0.05) is 12.1 Å². The number of para-hydroxylation sites is 1. The Morgan fingerprint density at radius 3 is 3.00 bits per heavy atom. The first-order valence-electron chi connectivity index (χ1n) is 7.09. The van der Waals surface area contributed by atoms with Gasteiger partial charge in [-0.2, -0.15) is 0 Å². The summed E-state index contributed by atoms with van der Waals surface area (Å²) < 4.78 is 18.6. The monoisotopic (exact) mass is 280 g/mol. The predicted molar refractivity (Wildman–Crippen MR) is 74.9 cm³/mol. The number of nitrogens with zero attached hydrogens (tertiary/aromatic N) is 1. The zero-order chi connectivity index (χ0) is 14.4. The van der Waals surface area contributed by atoms with Gasteiger partial charge in [0.15, 0.2) is 11.6 Å². The minimum atomic E-state index is -0.374. The van der Waals surface area contributed by atoms with Crippen molar-refractivity contribution in [2.75, 3.05) is 19.7 Å². The molecular weight excluding hydrogens is 259 g/mol. The quantitative estimate of drug-likeness (QED) is 0.810. The third-order valence-electron chi connectivity index (χ3n) is 3.60. The first kappa shape index (κ1) is 14.8. The molecule has 1 saturated heterocycles. The van der Waals surface area contributed by atoms with Crippen LogP contribution in [0.4, 0.5) is 4.39 Å². The van der Waals surface area contributed by atoms with Crippen LogP contribution in [0.15, 0.2) is 24.3 Å². The Morgan fingerprint density at radius 2 is 2.25 bits per heavy atom. The molecule has 0 spiro atoms. The number of carbonyl (C=O) groups excluding carboxylic acids is 1. The Morgan fingerprint density at radius 1 is 1.45 bits per heavy atom. The summed E-state index contributed by atoms with van der Waals surface area (Å²) in [4.78, 5) is 13.9. The Bertz CT molecular complexity index is 453. The molecule has 110 valence electrons. The van der Waals surface area contributed by atoms with Crippen molar-refractivity contribution in [3.8, 4) is 5.75 Å². The normalized spacial score (nSPS) is 18.3. The number of rotatable bonds is 6. The molecule has 1 aliphatic rings. The summed E-state index contributed by atoms with van der Waals surface area (Å²) in [6.07, 6.45) is 3.03. The lowest BCUT2D eigenvalue weighted by Crippen LogP contribution is -2.39. The fourth-order valence-electron chi connectivity index (χ4n) is 2.52. The van der Waals surface area contributed by atoms with E-state index in [1.165, 1.54) is 6.07 Å². The molecule has 1 heterocycles. The molecule has 0 saturated carbocycles. The van der Waals surface area contributed by atoms with Gasteiger partial charge in [-0.05, 0) is 31.4 Å². The van der Waals surface area contributed by atoms with E-state index in [2.05, 4.69) is 0 Å². The number of nitrogens with two attached hydrogens (primary N) is 1. The molecule has 1 unspecified atom stereocenters. The van der Waals surface area contributed by atoms with Gasteiger partial charge in [0, 0.05) is 25.6 Å². The predicted octanol–water partition coefficient (Wildman–Crippen LogP) is 1.93. The van der Waals surface area contributed by atoms with E-state index in [1.807, 2.05) is 4.90 Å². The Balaban J connectivity index is 1.71. The fraction of sp³-hybridized carbons (Fsp3) is 0.533. The van der Waals surface area contributed by atoms with Crippen molar-refractivity contribution in [2.24, 2.45) is 5.73 Å². The van der Waals surface area contributed by atoms with E-state index in [-0.39, 0.29) is 23.5 Å². The second kappa shape index (κ2) is 7.24. The van der Waals surface area contributed by atoms with Crippen molar-refractivity contribution in [2.45, 2.75) is 31.7 Å². The molecule has 1 fully saturated rings. The van der Waals surface area contributed by atoms with Gasteiger partial charge in [0.2, 0.25) is 5.91 Å². The van der Waals surface area contributed by atoms with E-state index in [9.17, 15) is 9.18 Å². The average molecular weight is 280 g/mol. The van der Waals surface area contributed by atoms with E-state index in [1.54, 1.807) is 18.2 Å². The molecule has 1 amide bonds. The van der Waals surface area contributed by atoms with E-state index in [0.717, 1.165) is 19.4 Å². The minimum absolute atomic E-state index is 0.120. The topological polar surface area (TPSA) is 55.6 Å². The lowest BCUT2D eigenvalue weighted by atomic mass is 10.2. The zero-order valence-corrected chi connectivity index (χ0v) is 11.6. The number of halogens is 1. The van der Waals surface area contributed by atoms with Crippen LogP contribution in [0.2, 0.25) is 0 Å². The first-order chi connectivity index (χ1) is 9.72. The van der Waals surface area contributed by atoms with Gasteiger partial charge in [-0.15, -0.1) is 0 Å². The highest BCUT2D eigenvalue weighted by Crippen LogP contribution is 2.18. The van der Waals surface area contributed by atoms with Crippen LogP contribution in [0.5, 0.6) is 5.75 Å². The molecule has 5 heteroatoms. The van der Waals surface area contributed by atoms with E-state index in [4.69, 9.17) is 10.5 Å². The van der Waals surface area contributed by atoms with E-state index < -0.39 is 0 Å². The van der Waals surface area contributed by atoms with Gasteiger partial charge in [0.05, 0.1) is 6.61 Å². The summed E-state index contributed by atoms with van der Waals surface area (Å²) in [5, 5.41) is 0. The van der Waals surface area contributed by atoms with Crippen LogP contribution in [0.25, 0.3) is 0 Å². The molecule has 1 aromatic rings. The average Bonchev–Trinajstić information content (AvgIpc) is 2.93. The second-order valence-electron chi connectivity index (χ2n) is 5.00. The molecule has 1 aliphatic heterocycles. The fourth-order valence-corrected chi connectivity index (χ4v) is 2.52. The zero-order valence-electron chi connectivity index (χ0n) is 11.6. The van der Waals surface area contributed by atoms with Crippen molar-refractivity contribution in [3.63, 3.8) is 0 Å². The van der Waals surface area contributed by atoms with Crippen LogP contribution in [0.1, 0.15) is 25.7 Å². The highest BCUT2D eigenvalue weighted by Gasteiger charge is 2.26. The summed E-state index contributed by atoms with van der Waals surface area (Å²) in [7, 11) is 0. The molecule has 4 nitrogen and oxygen atoms in total. The summed E-state index contributed by atoms with van der Waals surface area (Å²) in [6, 6.07) is 6.47. The molecule has 20 heavy (non-hydrogen) atoms. The number of amides is 1. The molecule has 2 rings (SSSR count). The molecule has 2 N–H and O–H groups in total. The molecule has 1 atom stereocenters. The lowest BCUT2D eigenvalue weighted by molar-refractivity contribution is -0.132. The number of ether oxygens (including phenoxy) is 1. The van der Waals surface area contributed by atoms with Crippen molar-refractivity contribution in [3.05, 3.63) is 30.1 Å². The van der Waals surface area contributed by atoms with Crippen molar-refractivity contribution < 1.29 is 13.9 Å². The summed E-state index contributed by atoms with van der Waals surface area (Å²) >= 11 is 0. The van der Waals surface area contributed by atoms with Gasteiger partial charge in [0.25, 0.3) is 0 Å². The second-order valence-corrected chi connectivity index (χ2v) is 5.00. The SMILES string of the molecule is NCC1CCCN1C(=O)CCCOc1ccccc1F. The molecule has 0 radical (unpaired) electrons. The van der Waals surface area contributed by atoms with Crippen LogP contribution >= 0.6 is 0 Å². The van der Waals surface area contributed by atoms with Crippen LogP contribution in [0.3, 0.4) is 0 Å². The Kier molecular flexibility index (Phi) is 5.35. The number of benzene rings is 1. The smallest absolute Gasteiger partial charge is 0.222 e. The molecule has 0 bridgehead atoms. The Labute approximate surface area is 118 Å². The van der Waals surface area contributed by atoms with Gasteiger partial charge in [0.1, 0.15) is 0 Å². The van der Waals surface area contributed by atoms with Crippen molar-refractivity contribution >= 4 is 5.91 Å². The summed E-state index contributed by atoms with van der Waals surface area (Å²) in [5.41, 5.74) is 5.65. The summed E-state index contributed by atoms with van der Waals surface area (Å²) in [5.74, 6) is -0.0161. The maximum Gasteiger partial charge on any atom is 0.222 e. The number of hydrogen-bond acceptors (Lipinski definition) is 3. The molecule has 1 aromatic carbocycles. The third-order valence-corrected chi connectivity index (χ3v) is 3.60. The van der Waals surface area contributed by atoms with Crippen LogP contribution in [-0.4, -0.2) is 36.5 Å². The highest BCUT2D eigenvalue weighted by atomic mass is 19.1. The number of carbonyl (C=O) groups is 1. The maximum absolute atomic E-state index is 13.3. The molecule has 0 aliphatic carbocycles. The first-order valence-corrected chi connectivity index (χ1v) is 7.09. The van der Waals surface area contributed by atoms with E-state index >= 15 is 0 Å². The van der Waals surface area contributed by atoms with Crippen LogP contribution in [-0.2, 0) is 4.79 Å². The van der Waals surface area contributed by atoms with Gasteiger partial charge < -0.3 is 15.4 Å². The lowest BCUT2D eigenvalue weighted by Gasteiger charge is -2.23. The Hall–Kier alpha value is -1.62. The highest BCUT2D eigenvalue weighted by molar-refractivity contribution is 5.76. The van der Waals surface area contributed by atoms with Crippen molar-refractivity contribution in [1.82, 2.24) is 4.90 Å². The van der Waals surface area contributed by atoms with Crippen LogP contribution in [0, 0.1) is 5.82 Å². The number of likely N-dealkylation sites (tertiary alicyclic amines) is 1. The maximum atomic E-state index is 13.3. The van der Waals surface area contributed by atoms with Crippen LogP contribution < -0.4 is 10.5 Å². The van der Waals surface area contributed by atoms with Gasteiger partial charge >= 0.3 is 0 Å². The van der Waals surface area contributed by atoms with Gasteiger partial charge in [-0.3, -0.25) is 4.79 Å². The third kappa shape index (κ3) is 3.70. The molecular formula is C15H21FN2O2. The number of hydrogen-bond donors (Lipinski definition) is 1. The summed E-state index contributed by atoms with van der Waals surface area (Å²) in [6.45, 7) is 1.67. The standard InChI is InChI=1S/C15H21FN2O2/c16-13-6-1-2-7-14(13)20-10-4-8-15(19)18-9-3-5-12(18)11-17/h1-2,6-7,12H,3-5,8-11,17H2.